The number of esters is 1. The molecule has 0 heterocycles. The Balaban J connectivity index is 3.60. The summed E-state index contributed by atoms with van der Waals surface area (Å²) in [6.07, 6.45) is 55.8. The summed E-state index contributed by atoms with van der Waals surface area (Å²) in [5.74, 6) is -0.167. The average molecular weight is 802 g/mol. The lowest BCUT2D eigenvalue weighted by atomic mass is 10.0. The van der Waals surface area contributed by atoms with E-state index in [9.17, 15) is 19.8 Å². The van der Waals surface area contributed by atoms with Gasteiger partial charge in [-0.3, -0.25) is 9.59 Å². The molecule has 0 bridgehead atoms. The number of hydrogen-bond acceptors (Lipinski definition) is 5. The van der Waals surface area contributed by atoms with E-state index >= 15 is 0 Å². The molecule has 2 unspecified atom stereocenters. The van der Waals surface area contributed by atoms with E-state index in [1.165, 1.54) is 167 Å². The van der Waals surface area contributed by atoms with Gasteiger partial charge in [0.2, 0.25) is 5.91 Å². The van der Waals surface area contributed by atoms with Gasteiger partial charge in [0.05, 0.1) is 25.4 Å². The Morgan fingerprint density at radius 1 is 0.491 bits per heavy atom. The Morgan fingerprint density at radius 2 is 0.895 bits per heavy atom. The van der Waals surface area contributed by atoms with Gasteiger partial charge in [-0.1, -0.05) is 224 Å². The summed E-state index contributed by atoms with van der Waals surface area (Å²) in [7, 11) is 0. The molecule has 0 radical (unpaired) electrons. The molecule has 0 aromatic rings. The first kappa shape index (κ1) is 55.1. The second-order valence-corrected chi connectivity index (χ2v) is 16.8. The van der Waals surface area contributed by atoms with Crippen LogP contribution in [0.15, 0.2) is 36.5 Å². The number of nitrogens with one attached hydrogen (secondary N) is 1. The van der Waals surface area contributed by atoms with Gasteiger partial charge >= 0.3 is 5.97 Å². The summed E-state index contributed by atoms with van der Waals surface area (Å²) in [5.41, 5.74) is 0. The molecule has 6 nitrogen and oxygen atoms in total. The van der Waals surface area contributed by atoms with Crippen molar-refractivity contribution in [2.24, 2.45) is 0 Å². The minimum absolute atomic E-state index is 0.0185. The van der Waals surface area contributed by atoms with Gasteiger partial charge in [0.15, 0.2) is 0 Å². The first-order chi connectivity index (χ1) is 28.0. The topological polar surface area (TPSA) is 95.9 Å². The van der Waals surface area contributed by atoms with Crippen molar-refractivity contribution in [2.75, 3.05) is 13.2 Å². The molecule has 0 fully saturated rings. The standard InChI is InChI=1S/C51H95NO5/c1-3-5-7-9-11-13-15-17-18-20-23-27-31-35-39-43-49(54)48(47-53)52-50(55)44-40-36-32-28-24-21-19-22-26-30-34-38-42-46-57-51(56)45-41-37-33-29-25-16-14-12-10-8-6-4-2/h21,24,32,36,39,43,48-49,53-54H,3-20,22-23,25-31,33-35,37-38,40-42,44-47H2,1-2H3,(H,52,55)/b24-21-,36-32-,43-39+. The number of carbonyl (C=O) groups excluding carboxylic acids is 2. The molecule has 6 heteroatoms. The van der Waals surface area contributed by atoms with Crippen molar-refractivity contribution in [1.82, 2.24) is 5.32 Å². The maximum absolute atomic E-state index is 12.4. The summed E-state index contributed by atoms with van der Waals surface area (Å²) in [4.78, 5) is 24.4. The van der Waals surface area contributed by atoms with Gasteiger partial charge in [-0.25, -0.2) is 0 Å². The molecule has 3 N–H and O–H groups in total. The number of amides is 1. The molecular weight excluding hydrogens is 707 g/mol. The number of carbonyl (C=O) groups is 2. The van der Waals surface area contributed by atoms with Crippen LogP contribution in [0, 0.1) is 0 Å². The van der Waals surface area contributed by atoms with E-state index in [1.807, 2.05) is 12.2 Å². The number of aliphatic hydroxyl groups is 2. The molecular formula is C51H95NO5. The lowest BCUT2D eigenvalue weighted by Crippen LogP contribution is -2.45. The quantitative estimate of drug-likeness (QED) is 0.0324. The van der Waals surface area contributed by atoms with Gasteiger partial charge in [0, 0.05) is 12.8 Å². The monoisotopic (exact) mass is 802 g/mol. The zero-order chi connectivity index (χ0) is 41.5. The van der Waals surface area contributed by atoms with E-state index in [1.54, 1.807) is 6.08 Å². The minimum atomic E-state index is -0.878. The van der Waals surface area contributed by atoms with Crippen LogP contribution < -0.4 is 5.32 Å². The van der Waals surface area contributed by atoms with E-state index < -0.39 is 12.1 Å². The predicted octanol–water partition coefficient (Wildman–Crippen LogP) is 14.5. The van der Waals surface area contributed by atoms with Crippen molar-refractivity contribution in [2.45, 2.75) is 264 Å². The molecule has 0 spiro atoms. The fraction of sp³-hybridized carbons (Fsp3) is 0.843. The Kier molecular flexibility index (Phi) is 45.2. The van der Waals surface area contributed by atoms with E-state index in [0.717, 1.165) is 51.4 Å². The molecule has 0 saturated carbocycles. The Labute approximate surface area is 353 Å². The lowest BCUT2D eigenvalue weighted by Gasteiger charge is -2.19. The van der Waals surface area contributed by atoms with Crippen molar-refractivity contribution in [3.05, 3.63) is 36.5 Å². The molecule has 0 rings (SSSR count). The smallest absolute Gasteiger partial charge is 0.305 e. The van der Waals surface area contributed by atoms with Crippen molar-refractivity contribution < 1.29 is 24.5 Å². The number of hydrogen-bond donors (Lipinski definition) is 3. The normalized spacial score (nSPS) is 13.0. The van der Waals surface area contributed by atoms with Crippen molar-refractivity contribution in [3.63, 3.8) is 0 Å². The summed E-state index contributed by atoms with van der Waals surface area (Å²) < 4.78 is 5.44. The number of unbranched alkanes of at least 4 members (excludes halogenated alkanes) is 30. The number of rotatable bonds is 45. The van der Waals surface area contributed by atoms with Crippen molar-refractivity contribution in [1.29, 1.82) is 0 Å². The fourth-order valence-electron chi connectivity index (χ4n) is 7.33. The molecule has 2 atom stereocenters. The number of ether oxygens (including phenoxy) is 1. The molecule has 0 aromatic heterocycles. The summed E-state index contributed by atoms with van der Waals surface area (Å²) in [6, 6.07) is -0.671. The Bertz CT molecular complexity index is 931. The molecule has 1 amide bonds. The van der Waals surface area contributed by atoms with Crippen LogP contribution in [0.5, 0.6) is 0 Å². The second-order valence-electron chi connectivity index (χ2n) is 16.8. The van der Waals surface area contributed by atoms with Crippen molar-refractivity contribution in [3.8, 4) is 0 Å². The van der Waals surface area contributed by atoms with Gasteiger partial charge in [0.25, 0.3) is 0 Å². The third kappa shape index (κ3) is 43.5. The van der Waals surface area contributed by atoms with Crippen LogP contribution in [0.2, 0.25) is 0 Å². The van der Waals surface area contributed by atoms with Crippen LogP contribution in [-0.2, 0) is 14.3 Å². The summed E-state index contributed by atoms with van der Waals surface area (Å²) in [5, 5.41) is 23.0. The highest BCUT2D eigenvalue weighted by molar-refractivity contribution is 5.76. The van der Waals surface area contributed by atoms with Crippen LogP contribution in [0.25, 0.3) is 0 Å². The largest absolute Gasteiger partial charge is 0.466 e. The molecule has 0 aliphatic heterocycles. The van der Waals surface area contributed by atoms with Crippen LogP contribution in [0.1, 0.15) is 251 Å². The van der Waals surface area contributed by atoms with Gasteiger partial charge in [-0.15, -0.1) is 0 Å². The zero-order valence-electron chi connectivity index (χ0n) is 37.8. The molecule has 0 saturated heterocycles. The van der Waals surface area contributed by atoms with Gasteiger partial charge in [-0.2, -0.15) is 0 Å². The molecule has 0 aliphatic rings. The summed E-state index contributed by atoms with van der Waals surface area (Å²) in [6.45, 7) is 4.83. The van der Waals surface area contributed by atoms with E-state index in [-0.39, 0.29) is 18.5 Å². The first-order valence-electron chi connectivity index (χ1n) is 24.8. The highest BCUT2D eigenvalue weighted by atomic mass is 16.5. The zero-order valence-corrected chi connectivity index (χ0v) is 37.8. The third-order valence-electron chi connectivity index (χ3n) is 11.2. The van der Waals surface area contributed by atoms with E-state index in [4.69, 9.17) is 4.74 Å². The third-order valence-corrected chi connectivity index (χ3v) is 11.2. The predicted molar refractivity (Wildman–Crippen MR) is 246 cm³/mol. The molecule has 0 aromatic carbocycles. The van der Waals surface area contributed by atoms with Crippen LogP contribution >= 0.6 is 0 Å². The van der Waals surface area contributed by atoms with Gasteiger partial charge in [0.1, 0.15) is 0 Å². The number of aliphatic hydroxyl groups excluding tert-OH is 2. The van der Waals surface area contributed by atoms with Crippen molar-refractivity contribution >= 4 is 11.9 Å². The highest BCUT2D eigenvalue weighted by Gasteiger charge is 2.17. The average Bonchev–Trinajstić information content (AvgIpc) is 3.21. The minimum Gasteiger partial charge on any atom is -0.466 e. The molecule has 0 aliphatic carbocycles. The van der Waals surface area contributed by atoms with Gasteiger partial charge < -0.3 is 20.3 Å². The Morgan fingerprint density at radius 3 is 1.37 bits per heavy atom. The maximum Gasteiger partial charge on any atom is 0.305 e. The lowest BCUT2D eigenvalue weighted by molar-refractivity contribution is -0.143. The molecule has 334 valence electrons. The molecule has 57 heavy (non-hydrogen) atoms. The first-order valence-corrected chi connectivity index (χ1v) is 24.8. The van der Waals surface area contributed by atoms with Crippen LogP contribution in [-0.4, -0.2) is 47.4 Å². The summed E-state index contributed by atoms with van der Waals surface area (Å²) >= 11 is 0. The SMILES string of the molecule is CCCCCCCCCCCCCCC/C=C/C(O)C(CO)NC(=O)CC/C=C\C/C=C\CCCCCCCCOC(=O)CCCCCCCCCCCCCC. The van der Waals surface area contributed by atoms with E-state index in [2.05, 4.69) is 37.4 Å². The number of allylic oxidation sites excluding steroid dienone is 5. The highest BCUT2D eigenvalue weighted by Crippen LogP contribution is 2.15. The van der Waals surface area contributed by atoms with Crippen LogP contribution in [0.3, 0.4) is 0 Å². The Hall–Kier alpha value is -1.92. The van der Waals surface area contributed by atoms with E-state index in [0.29, 0.717) is 25.9 Å². The van der Waals surface area contributed by atoms with Crippen LogP contribution in [0.4, 0.5) is 0 Å². The second kappa shape index (κ2) is 46.8. The maximum atomic E-state index is 12.4. The fourth-order valence-corrected chi connectivity index (χ4v) is 7.33. The van der Waals surface area contributed by atoms with Gasteiger partial charge in [-0.05, 0) is 51.4 Å².